The first-order chi connectivity index (χ1) is 16.5. The number of carbonyl (C=O) groups excluding carboxylic acids is 1. The molecule has 5 rings (SSSR count). The summed E-state index contributed by atoms with van der Waals surface area (Å²) >= 11 is 0. The van der Waals surface area contributed by atoms with E-state index in [1.807, 2.05) is 0 Å². The van der Waals surface area contributed by atoms with E-state index >= 15 is 4.39 Å². The number of halogens is 5. The summed E-state index contributed by atoms with van der Waals surface area (Å²) in [5.41, 5.74) is -3.51. The van der Waals surface area contributed by atoms with Crippen molar-refractivity contribution in [3.63, 3.8) is 0 Å². The highest BCUT2D eigenvalue weighted by Crippen LogP contribution is 2.59. The smallest absolute Gasteiger partial charge is 0.229 e. The molecule has 11 heteroatoms. The summed E-state index contributed by atoms with van der Waals surface area (Å²) in [6.45, 7) is -0.630. The van der Waals surface area contributed by atoms with Gasteiger partial charge in [-0.05, 0) is 54.2 Å². The van der Waals surface area contributed by atoms with E-state index in [0.717, 1.165) is 54.1 Å². The summed E-state index contributed by atoms with van der Waals surface area (Å²) in [4.78, 5) is 14.1. The molecule has 0 bridgehead atoms. The molecule has 0 aromatic heterocycles. The highest BCUT2D eigenvalue weighted by Gasteiger charge is 2.64. The van der Waals surface area contributed by atoms with Crippen molar-refractivity contribution in [3.8, 4) is 11.1 Å². The van der Waals surface area contributed by atoms with Gasteiger partial charge in [-0.15, -0.1) is 0 Å². The molecule has 2 saturated carbocycles. The van der Waals surface area contributed by atoms with Crippen LogP contribution in [0.15, 0.2) is 36.4 Å². The number of rotatable bonds is 8. The predicted molar refractivity (Wildman–Crippen MR) is 118 cm³/mol. The summed E-state index contributed by atoms with van der Waals surface area (Å²) in [5, 5.41) is 0. The van der Waals surface area contributed by atoms with Crippen molar-refractivity contribution in [1.29, 1.82) is 0 Å². The quantitative estimate of drug-likeness (QED) is 0.545. The van der Waals surface area contributed by atoms with Crippen LogP contribution in [0.2, 0.25) is 0 Å². The molecule has 188 valence electrons. The van der Waals surface area contributed by atoms with Crippen molar-refractivity contribution >= 4 is 15.9 Å². The lowest BCUT2D eigenvalue weighted by Crippen LogP contribution is -2.64. The summed E-state index contributed by atoms with van der Waals surface area (Å²) < 4.78 is 99.5. The zero-order chi connectivity index (χ0) is 25.1. The van der Waals surface area contributed by atoms with E-state index in [9.17, 15) is 30.8 Å². The molecular formula is C24H23F5N2O3S. The molecule has 2 aromatic carbocycles. The Balaban J connectivity index is 1.34. The van der Waals surface area contributed by atoms with Crippen molar-refractivity contribution in [2.75, 3.05) is 18.8 Å². The summed E-state index contributed by atoms with van der Waals surface area (Å²) in [7, 11) is -3.62. The standard InChI is InChI=1S/C24H23F5N2O3S/c25-14-6-7-16(15(8-14)22-18(26)2-1-3-19(22)27)24(29)9-17(24)23(32)31-11-20(28)21(31)10-30-35(33,34)12-13-4-5-13/h1-3,6-8,13,17,20-21,30H,4-5,9-12H2/t17-,20+,21+,24+/m0/s1. The van der Waals surface area contributed by atoms with E-state index in [2.05, 4.69) is 4.72 Å². The van der Waals surface area contributed by atoms with Crippen LogP contribution in [0.25, 0.3) is 11.1 Å². The lowest BCUT2D eigenvalue weighted by atomic mass is 9.92. The summed E-state index contributed by atoms with van der Waals surface area (Å²) in [6, 6.07) is 4.79. The molecule has 3 fully saturated rings. The van der Waals surface area contributed by atoms with Gasteiger partial charge in [0.25, 0.3) is 0 Å². The molecule has 1 saturated heterocycles. The fourth-order valence-electron chi connectivity index (χ4n) is 4.72. The molecule has 0 spiro atoms. The topological polar surface area (TPSA) is 66.5 Å². The Morgan fingerprint density at radius 1 is 1.11 bits per heavy atom. The average molecular weight is 515 g/mol. The fourth-order valence-corrected chi connectivity index (χ4v) is 6.22. The Morgan fingerprint density at radius 2 is 1.80 bits per heavy atom. The molecule has 2 aliphatic carbocycles. The van der Waals surface area contributed by atoms with Gasteiger partial charge in [0.15, 0.2) is 0 Å². The molecular weight excluding hydrogens is 491 g/mol. The van der Waals surface area contributed by atoms with Crippen molar-refractivity contribution in [2.45, 2.75) is 37.1 Å². The number of amides is 1. The van der Waals surface area contributed by atoms with E-state index in [4.69, 9.17) is 0 Å². The maximum absolute atomic E-state index is 15.9. The third-order valence-electron chi connectivity index (χ3n) is 6.99. The fraction of sp³-hybridized carbons (Fsp3) is 0.458. The van der Waals surface area contributed by atoms with Crippen LogP contribution < -0.4 is 4.72 Å². The van der Waals surface area contributed by atoms with Crippen LogP contribution in [-0.2, 0) is 20.5 Å². The van der Waals surface area contributed by atoms with Crippen molar-refractivity contribution in [3.05, 3.63) is 59.4 Å². The second kappa shape index (κ2) is 8.55. The second-order valence-corrected chi connectivity index (χ2v) is 11.4. The zero-order valence-electron chi connectivity index (χ0n) is 18.5. The van der Waals surface area contributed by atoms with Crippen LogP contribution in [0.3, 0.4) is 0 Å². The molecule has 35 heavy (non-hydrogen) atoms. The van der Waals surface area contributed by atoms with Gasteiger partial charge in [-0.3, -0.25) is 4.79 Å². The van der Waals surface area contributed by atoms with E-state index in [-0.39, 0.29) is 42.3 Å². The minimum atomic E-state index is -3.62. The Morgan fingerprint density at radius 3 is 2.43 bits per heavy atom. The van der Waals surface area contributed by atoms with Crippen LogP contribution >= 0.6 is 0 Å². The van der Waals surface area contributed by atoms with Crippen LogP contribution in [-0.4, -0.2) is 50.3 Å². The van der Waals surface area contributed by atoms with E-state index in [1.54, 1.807) is 0 Å². The Kier molecular flexibility index (Phi) is 5.90. The first-order valence-electron chi connectivity index (χ1n) is 11.4. The molecule has 2 aromatic rings. The Hall–Kier alpha value is -2.53. The van der Waals surface area contributed by atoms with Gasteiger partial charge in [-0.25, -0.2) is 35.1 Å². The maximum Gasteiger partial charge on any atom is 0.229 e. The van der Waals surface area contributed by atoms with Gasteiger partial charge in [-0.2, -0.15) is 0 Å². The number of benzene rings is 2. The van der Waals surface area contributed by atoms with Gasteiger partial charge in [-0.1, -0.05) is 12.1 Å². The lowest BCUT2D eigenvalue weighted by molar-refractivity contribution is -0.147. The number of nitrogens with zero attached hydrogens (tertiary/aromatic N) is 1. The SMILES string of the molecule is O=C([C@@H]1C[C@@]1(F)c1ccc(F)cc1-c1c(F)cccc1F)N1C[C@@H](F)[C@H]1CNS(=O)(=O)CC1CC1. The largest absolute Gasteiger partial charge is 0.332 e. The Labute approximate surface area is 199 Å². The molecule has 5 nitrogen and oxygen atoms in total. The molecule has 0 unspecified atom stereocenters. The van der Waals surface area contributed by atoms with Crippen molar-refractivity contribution in [2.24, 2.45) is 11.8 Å². The second-order valence-electron chi connectivity index (χ2n) is 9.55. The average Bonchev–Trinajstić information content (AvgIpc) is 3.69. The highest BCUT2D eigenvalue weighted by atomic mass is 32.2. The minimum Gasteiger partial charge on any atom is -0.332 e. The minimum absolute atomic E-state index is 0.0548. The van der Waals surface area contributed by atoms with Crippen molar-refractivity contribution in [1.82, 2.24) is 9.62 Å². The van der Waals surface area contributed by atoms with Crippen LogP contribution in [0.5, 0.6) is 0 Å². The number of hydrogen-bond donors (Lipinski definition) is 1. The molecule has 4 atom stereocenters. The number of sulfonamides is 1. The van der Waals surface area contributed by atoms with Crippen LogP contribution in [0.4, 0.5) is 22.0 Å². The molecule has 3 aliphatic rings. The Bertz CT molecular complexity index is 1270. The van der Waals surface area contributed by atoms with Gasteiger partial charge in [0, 0.05) is 13.0 Å². The monoisotopic (exact) mass is 514 g/mol. The highest BCUT2D eigenvalue weighted by molar-refractivity contribution is 7.89. The third kappa shape index (κ3) is 4.55. The molecule has 1 N–H and O–H groups in total. The molecule has 1 aliphatic heterocycles. The molecule has 1 heterocycles. The normalized spacial score (nSPS) is 28.0. The molecule has 1 amide bonds. The van der Waals surface area contributed by atoms with Crippen LogP contribution in [0, 0.1) is 29.3 Å². The number of carbonyl (C=O) groups is 1. The zero-order valence-corrected chi connectivity index (χ0v) is 19.3. The van der Waals surface area contributed by atoms with E-state index in [0.29, 0.717) is 0 Å². The number of nitrogens with one attached hydrogen (secondary N) is 1. The first-order valence-corrected chi connectivity index (χ1v) is 13.0. The number of hydrogen-bond acceptors (Lipinski definition) is 3. The summed E-state index contributed by atoms with van der Waals surface area (Å²) in [6.07, 6.45) is -0.149. The van der Waals surface area contributed by atoms with E-state index < -0.39 is 62.7 Å². The van der Waals surface area contributed by atoms with Gasteiger partial charge in [0.1, 0.15) is 29.3 Å². The maximum atomic E-state index is 15.9. The van der Waals surface area contributed by atoms with Gasteiger partial charge in [0.2, 0.25) is 15.9 Å². The predicted octanol–water partition coefficient (Wildman–Crippen LogP) is 3.83. The lowest BCUT2D eigenvalue weighted by Gasteiger charge is -2.44. The summed E-state index contributed by atoms with van der Waals surface area (Å²) in [5.74, 6) is -4.80. The van der Waals surface area contributed by atoms with E-state index in [1.165, 1.54) is 0 Å². The molecule has 0 radical (unpaired) electrons. The van der Waals surface area contributed by atoms with Gasteiger partial charge in [0.05, 0.1) is 29.8 Å². The first kappa shape index (κ1) is 24.2. The van der Waals surface area contributed by atoms with Gasteiger partial charge >= 0.3 is 0 Å². The number of likely N-dealkylation sites (tertiary alicyclic amines) is 1. The third-order valence-corrected chi connectivity index (χ3v) is 8.51. The van der Waals surface area contributed by atoms with Crippen molar-refractivity contribution < 1.29 is 35.2 Å². The number of alkyl halides is 2. The van der Waals surface area contributed by atoms with Crippen LogP contribution in [0.1, 0.15) is 24.8 Å². The van der Waals surface area contributed by atoms with Gasteiger partial charge < -0.3 is 4.90 Å².